The third-order valence-corrected chi connectivity index (χ3v) is 4.67. The SMILES string of the molecule is Cc1ccc(-c2cccc(C)c2-c2c(C)cccc2P)cc1. The molecule has 0 heterocycles. The minimum absolute atomic E-state index is 1.25. The molecule has 1 atom stereocenters. The summed E-state index contributed by atoms with van der Waals surface area (Å²) in [4.78, 5) is 0. The van der Waals surface area contributed by atoms with E-state index < -0.39 is 0 Å². The smallest absolute Gasteiger partial charge is 0.00672 e. The Bertz CT molecular complexity index is 794. The molecule has 0 spiro atoms. The standard InChI is InChI=1S/C21H21P/c1-14-10-12-17(13-11-14)18-8-4-6-15(2)20(18)21-16(3)7-5-9-19(21)22/h4-13H,22H2,1-3H3. The van der Waals surface area contributed by atoms with E-state index in [1.165, 1.54) is 44.2 Å². The van der Waals surface area contributed by atoms with Gasteiger partial charge in [-0.3, -0.25) is 0 Å². The zero-order valence-corrected chi connectivity index (χ0v) is 14.5. The van der Waals surface area contributed by atoms with Crippen LogP contribution < -0.4 is 5.30 Å². The van der Waals surface area contributed by atoms with Crippen molar-refractivity contribution in [1.82, 2.24) is 0 Å². The van der Waals surface area contributed by atoms with Crippen LogP contribution in [0, 0.1) is 20.8 Å². The molecule has 3 aromatic carbocycles. The molecule has 0 radical (unpaired) electrons. The van der Waals surface area contributed by atoms with Gasteiger partial charge in [0, 0.05) is 0 Å². The highest BCUT2D eigenvalue weighted by Crippen LogP contribution is 2.36. The molecule has 0 nitrogen and oxygen atoms in total. The van der Waals surface area contributed by atoms with E-state index in [4.69, 9.17) is 0 Å². The van der Waals surface area contributed by atoms with Crippen molar-refractivity contribution in [3.05, 3.63) is 77.4 Å². The second-order valence-corrected chi connectivity index (χ2v) is 6.52. The van der Waals surface area contributed by atoms with Gasteiger partial charge in [-0.25, -0.2) is 0 Å². The van der Waals surface area contributed by atoms with Gasteiger partial charge in [0.15, 0.2) is 0 Å². The summed E-state index contributed by atoms with van der Waals surface area (Å²) in [7, 11) is 2.88. The second kappa shape index (κ2) is 6.07. The number of hydrogen-bond donors (Lipinski definition) is 0. The zero-order chi connectivity index (χ0) is 15.7. The third kappa shape index (κ3) is 2.72. The van der Waals surface area contributed by atoms with Crippen LogP contribution >= 0.6 is 9.24 Å². The molecule has 0 saturated heterocycles. The lowest BCUT2D eigenvalue weighted by atomic mass is 9.89. The van der Waals surface area contributed by atoms with Gasteiger partial charge in [0.25, 0.3) is 0 Å². The van der Waals surface area contributed by atoms with Crippen LogP contribution in [0.15, 0.2) is 60.7 Å². The van der Waals surface area contributed by atoms with Gasteiger partial charge >= 0.3 is 0 Å². The fourth-order valence-electron chi connectivity index (χ4n) is 3.01. The Morgan fingerprint density at radius 2 is 1.23 bits per heavy atom. The van der Waals surface area contributed by atoms with Gasteiger partial charge in [-0.2, -0.15) is 0 Å². The Morgan fingerprint density at radius 1 is 0.636 bits per heavy atom. The summed E-state index contributed by atoms with van der Waals surface area (Å²) >= 11 is 0. The predicted octanol–water partition coefficient (Wildman–Crippen LogP) is 5.45. The molecule has 0 saturated carbocycles. The summed E-state index contributed by atoms with van der Waals surface area (Å²) in [5, 5.41) is 1.25. The maximum atomic E-state index is 2.88. The first-order valence-electron chi connectivity index (χ1n) is 7.60. The van der Waals surface area contributed by atoms with E-state index in [2.05, 4.69) is 90.7 Å². The largest absolute Gasteiger partial charge is 0.105 e. The summed E-state index contributed by atoms with van der Waals surface area (Å²) in [6.07, 6.45) is 0. The minimum atomic E-state index is 1.25. The van der Waals surface area contributed by atoms with E-state index in [0.717, 1.165) is 0 Å². The van der Waals surface area contributed by atoms with Crippen molar-refractivity contribution in [2.75, 3.05) is 0 Å². The Morgan fingerprint density at radius 3 is 1.86 bits per heavy atom. The normalized spacial score (nSPS) is 10.7. The quantitative estimate of drug-likeness (QED) is 0.553. The summed E-state index contributed by atoms with van der Waals surface area (Å²) in [6.45, 7) is 6.51. The molecule has 1 heteroatoms. The maximum absolute atomic E-state index is 2.88. The van der Waals surface area contributed by atoms with Crippen molar-refractivity contribution >= 4 is 14.5 Å². The minimum Gasteiger partial charge on any atom is -0.105 e. The predicted molar refractivity (Wildman–Crippen MR) is 101 cm³/mol. The average molecular weight is 304 g/mol. The maximum Gasteiger partial charge on any atom is -0.00672 e. The second-order valence-electron chi connectivity index (χ2n) is 5.90. The molecule has 0 fully saturated rings. The Kier molecular flexibility index (Phi) is 4.14. The van der Waals surface area contributed by atoms with Crippen molar-refractivity contribution < 1.29 is 0 Å². The third-order valence-electron chi connectivity index (χ3n) is 4.19. The molecule has 110 valence electrons. The highest BCUT2D eigenvalue weighted by molar-refractivity contribution is 7.28. The molecule has 0 bridgehead atoms. The van der Waals surface area contributed by atoms with Crippen LogP contribution in [0.1, 0.15) is 16.7 Å². The summed E-state index contributed by atoms with van der Waals surface area (Å²) in [6, 6.07) is 21.8. The van der Waals surface area contributed by atoms with Gasteiger partial charge in [0.2, 0.25) is 0 Å². The average Bonchev–Trinajstić information content (AvgIpc) is 2.49. The summed E-state index contributed by atoms with van der Waals surface area (Å²) in [5.41, 5.74) is 9.18. The number of aryl methyl sites for hydroxylation is 3. The van der Waals surface area contributed by atoms with E-state index in [9.17, 15) is 0 Å². The van der Waals surface area contributed by atoms with Crippen molar-refractivity contribution in [2.45, 2.75) is 20.8 Å². The van der Waals surface area contributed by atoms with Crippen LogP contribution in [0.2, 0.25) is 0 Å². The van der Waals surface area contributed by atoms with Crippen LogP contribution in [-0.4, -0.2) is 0 Å². The van der Waals surface area contributed by atoms with E-state index in [1.807, 2.05) is 0 Å². The topological polar surface area (TPSA) is 0 Å². The van der Waals surface area contributed by atoms with Crippen molar-refractivity contribution in [3.63, 3.8) is 0 Å². The highest BCUT2D eigenvalue weighted by Gasteiger charge is 2.14. The molecule has 22 heavy (non-hydrogen) atoms. The lowest BCUT2D eigenvalue weighted by molar-refractivity contribution is 1.41. The molecule has 3 rings (SSSR count). The fourth-order valence-corrected chi connectivity index (χ4v) is 3.49. The van der Waals surface area contributed by atoms with Gasteiger partial charge in [-0.05, 0) is 59.5 Å². The first-order chi connectivity index (χ1) is 10.6. The Balaban J connectivity index is 2.30. The molecule has 0 aliphatic rings. The van der Waals surface area contributed by atoms with Gasteiger partial charge < -0.3 is 0 Å². The number of hydrogen-bond acceptors (Lipinski definition) is 0. The van der Waals surface area contributed by atoms with Crippen LogP contribution in [-0.2, 0) is 0 Å². The van der Waals surface area contributed by atoms with Gasteiger partial charge in [0.1, 0.15) is 0 Å². The van der Waals surface area contributed by atoms with Crippen LogP contribution in [0.25, 0.3) is 22.3 Å². The zero-order valence-electron chi connectivity index (χ0n) is 13.4. The van der Waals surface area contributed by atoms with Crippen molar-refractivity contribution in [1.29, 1.82) is 0 Å². The van der Waals surface area contributed by atoms with Crippen LogP contribution in [0.5, 0.6) is 0 Å². The van der Waals surface area contributed by atoms with Crippen molar-refractivity contribution in [2.24, 2.45) is 0 Å². The molecule has 3 aromatic rings. The van der Waals surface area contributed by atoms with Gasteiger partial charge in [-0.15, -0.1) is 9.24 Å². The number of rotatable bonds is 2. The van der Waals surface area contributed by atoms with E-state index in [-0.39, 0.29) is 0 Å². The van der Waals surface area contributed by atoms with Gasteiger partial charge in [0.05, 0.1) is 0 Å². The van der Waals surface area contributed by atoms with Crippen molar-refractivity contribution in [3.8, 4) is 22.3 Å². The molecular weight excluding hydrogens is 283 g/mol. The van der Waals surface area contributed by atoms with E-state index in [0.29, 0.717) is 0 Å². The molecular formula is C21H21P. The molecule has 0 amide bonds. The number of benzene rings is 3. The summed E-state index contributed by atoms with van der Waals surface area (Å²) < 4.78 is 0. The molecule has 1 unspecified atom stereocenters. The Labute approximate surface area is 135 Å². The molecule has 0 aliphatic heterocycles. The Hall–Kier alpha value is -1.91. The highest BCUT2D eigenvalue weighted by atomic mass is 31.0. The fraction of sp³-hybridized carbons (Fsp3) is 0.143. The van der Waals surface area contributed by atoms with Crippen LogP contribution in [0.3, 0.4) is 0 Å². The lowest BCUT2D eigenvalue weighted by Gasteiger charge is -2.17. The molecule has 0 aromatic heterocycles. The lowest BCUT2D eigenvalue weighted by Crippen LogP contribution is -2.02. The monoisotopic (exact) mass is 304 g/mol. The van der Waals surface area contributed by atoms with Gasteiger partial charge in [-0.1, -0.05) is 66.2 Å². The van der Waals surface area contributed by atoms with Crippen LogP contribution in [0.4, 0.5) is 0 Å². The molecule has 0 aliphatic carbocycles. The van der Waals surface area contributed by atoms with E-state index >= 15 is 0 Å². The molecule has 0 N–H and O–H groups in total. The summed E-state index contributed by atoms with van der Waals surface area (Å²) in [5.74, 6) is 0. The first kappa shape index (κ1) is 15.0. The first-order valence-corrected chi connectivity index (χ1v) is 8.18. The van der Waals surface area contributed by atoms with E-state index in [1.54, 1.807) is 0 Å².